The zero-order chi connectivity index (χ0) is 14.7. The second-order valence-electron chi connectivity index (χ2n) is 5.80. The monoisotopic (exact) mass is 290 g/mol. The van der Waals surface area contributed by atoms with E-state index in [4.69, 9.17) is 0 Å². The van der Waals surface area contributed by atoms with Gasteiger partial charge in [-0.25, -0.2) is 0 Å². The van der Waals surface area contributed by atoms with E-state index in [9.17, 15) is 9.59 Å². The maximum absolute atomic E-state index is 12.5. The fourth-order valence-electron chi connectivity index (χ4n) is 3.10. The molecule has 2 amide bonds. The van der Waals surface area contributed by atoms with Crippen molar-refractivity contribution >= 4 is 11.8 Å². The zero-order valence-electron chi connectivity index (χ0n) is 12.1. The number of nitrogens with zero attached hydrogens (tertiary/aromatic N) is 1. The van der Waals surface area contributed by atoms with Crippen LogP contribution in [0, 0.1) is 0 Å². The molecular weight excluding hydrogens is 268 g/mol. The van der Waals surface area contributed by atoms with Crippen molar-refractivity contribution in [2.45, 2.75) is 37.8 Å². The van der Waals surface area contributed by atoms with E-state index in [0.29, 0.717) is 25.4 Å². The van der Waals surface area contributed by atoms with Crippen molar-refractivity contribution in [1.82, 2.24) is 20.5 Å². The Hall–Kier alpha value is -1.82. The van der Waals surface area contributed by atoms with Crippen LogP contribution in [0.4, 0.5) is 0 Å². The molecule has 3 heterocycles. The highest BCUT2D eigenvalue weighted by atomic mass is 16.2. The van der Waals surface area contributed by atoms with Gasteiger partial charge in [0.25, 0.3) is 5.91 Å². The summed E-state index contributed by atoms with van der Waals surface area (Å²) in [6.07, 6.45) is 5.29. The van der Waals surface area contributed by atoms with E-state index in [-0.39, 0.29) is 17.9 Å². The highest BCUT2D eigenvalue weighted by Crippen LogP contribution is 2.21. The predicted molar refractivity (Wildman–Crippen MR) is 79.1 cm³/mol. The number of hydrogen-bond acceptors (Lipinski definition) is 3. The molecule has 0 saturated carbocycles. The molecule has 6 nitrogen and oxygen atoms in total. The Labute approximate surface area is 124 Å². The summed E-state index contributed by atoms with van der Waals surface area (Å²) in [6, 6.07) is 4.23. The summed E-state index contributed by atoms with van der Waals surface area (Å²) in [7, 11) is 0. The van der Waals surface area contributed by atoms with Gasteiger partial charge in [-0.05, 0) is 44.5 Å². The first-order chi connectivity index (χ1) is 10.2. The number of amides is 2. The normalized spacial score (nSPS) is 23.6. The molecule has 0 radical (unpaired) electrons. The molecule has 3 N–H and O–H groups in total. The van der Waals surface area contributed by atoms with Crippen LogP contribution in [-0.2, 0) is 4.79 Å². The standard InChI is InChI=1S/C15H22N4O2/c20-14-4-3-11(10-17-14)18-15(21)13-2-1-9-19(13)12-5-7-16-8-6-12/h1-2,9,11-12,16H,3-8,10H2,(H,17,20)(H,18,21). The van der Waals surface area contributed by atoms with Crippen LogP contribution < -0.4 is 16.0 Å². The van der Waals surface area contributed by atoms with Gasteiger partial charge in [-0.2, -0.15) is 0 Å². The van der Waals surface area contributed by atoms with Crippen LogP contribution in [0.1, 0.15) is 42.2 Å². The van der Waals surface area contributed by atoms with Gasteiger partial charge < -0.3 is 20.5 Å². The van der Waals surface area contributed by atoms with Gasteiger partial charge in [0.2, 0.25) is 5.91 Å². The fraction of sp³-hybridized carbons (Fsp3) is 0.600. The highest BCUT2D eigenvalue weighted by Gasteiger charge is 2.23. The highest BCUT2D eigenvalue weighted by molar-refractivity contribution is 5.93. The van der Waals surface area contributed by atoms with Crippen molar-refractivity contribution in [3.63, 3.8) is 0 Å². The van der Waals surface area contributed by atoms with E-state index in [1.54, 1.807) is 0 Å². The number of carbonyl (C=O) groups is 2. The molecule has 2 fully saturated rings. The topological polar surface area (TPSA) is 75.2 Å². The number of aromatic nitrogens is 1. The van der Waals surface area contributed by atoms with E-state index in [0.717, 1.165) is 31.6 Å². The molecule has 21 heavy (non-hydrogen) atoms. The maximum atomic E-state index is 12.5. The molecule has 3 rings (SSSR count). The van der Waals surface area contributed by atoms with Gasteiger partial charge in [-0.1, -0.05) is 0 Å². The van der Waals surface area contributed by atoms with Crippen molar-refractivity contribution < 1.29 is 9.59 Å². The maximum Gasteiger partial charge on any atom is 0.268 e. The van der Waals surface area contributed by atoms with Crippen molar-refractivity contribution in [2.75, 3.05) is 19.6 Å². The average molecular weight is 290 g/mol. The second-order valence-corrected chi connectivity index (χ2v) is 5.80. The van der Waals surface area contributed by atoms with Crippen molar-refractivity contribution in [3.8, 4) is 0 Å². The molecule has 1 atom stereocenters. The van der Waals surface area contributed by atoms with Crippen LogP contribution in [0.15, 0.2) is 18.3 Å². The summed E-state index contributed by atoms with van der Waals surface area (Å²) in [4.78, 5) is 23.6. The van der Waals surface area contributed by atoms with E-state index >= 15 is 0 Å². The molecular formula is C15H22N4O2. The molecule has 0 aromatic carbocycles. The van der Waals surface area contributed by atoms with Crippen molar-refractivity contribution in [1.29, 1.82) is 0 Å². The Morgan fingerprint density at radius 3 is 2.81 bits per heavy atom. The molecule has 1 aromatic heterocycles. The lowest BCUT2D eigenvalue weighted by Crippen LogP contribution is -2.48. The third-order valence-electron chi connectivity index (χ3n) is 4.31. The zero-order valence-corrected chi connectivity index (χ0v) is 12.1. The summed E-state index contributed by atoms with van der Waals surface area (Å²) < 4.78 is 2.09. The first kappa shape index (κ1) is 14.1. The Kier molecular flexibility index (Phi) is 4.24. The van der Waals surface area contributed by atoms with Crippen LogP contribution in [0.25, 0.3) is 0 Å². The van der Waals surface area contributed by atoms with E-state index < -0.39 is 0 Å². The van der Waals surface area contributed by atoms with E-state index in [2.05, 4.69) is 20.5 Å². The van der Waals surface area contributed by atoms with E-state index in [1.807, 2.05) is 18.3 Å². The predicted octanol–water partition coefficient (Wildman–Crippen LogP) is 0.421. The number of piperidine rings is 2. The van der Waals surface area contributed by atoms with Gasteiger partial charge >= 0.3 is 0 Å². The van der Waals surface area contributed by atoms with Crippen molar-refractivity contribution in [2.24, 2.45) is 0 Å². The fourth-order valence-corrected chi connectivity index (χ4v) is 3.10. The third kappa shape index (κ3) is 3.26. The largest absolute Gasteiger partial charge is 0.354 e. The Morgan fingerprint density at radius 1 is 1.29 bits per heavy atom. The first-order valence-electron chi connectivity index (χ1n) is 7.69. The summed E-state index contributed by atoms with van der Waals surface area (Å²) in [6.45, 7) is 2.52. The smallest absolute Gasteiger partial charge is 0.268 e. The van der Waals surface area contributed by atoms with Gasteiger partial charge in [0.1, 0.15) is 5.69 Å². The van der Waals surface area contributed by atoms with Crippen LogP contribution in [0.3, 0.4) is 0 Å². The van der Waals surface area contributed by atoms with Crippen molar-refractivity contribution in [3.05, 3.63) is 24.0 Å². The van der Waals surface area contributed by atoms with Crippen LogP contribution in [0.5, 0.6) is 0 Å². The lowest BCUT2D eigenvalue weighted by molar-refractivity contribution is -0.122. The van der Waals surface area contributed by atoms with Gasteiger partial charge in [0, 0.05) is 31.2 Å². The molecule has 114 valence electrons. The number of nitrogens with one attached hydrogen (secondary N) is 3. The Bertz CT molecular complexity index is 509. The summed E-state index contributed by atoms with van der Waals surface area (Å²) in [5.41, 5.74) is 0.721. The number of carbonyl (C=O) groups excluding carboxylic acids is 2. The van der Waals surface area contributed by atoms with E-state index in [1.165, 1.54) is 0 Å². The SMILES string of the molecule is O=C1CCC(NC(=O)c2cccn2C2CCNCC2)CN1. The lowest BCUT2D eigenvalue weighted by Gasteiger charge is -2.27. The molecule has 1 unspecified atom stereocenters. The molecule has 2 aliphatic rings. The molecule has 0 aliphatic carbocycles. The quantitative estimate of drug-likeness (QED) is 0.755. The van der Waals surface area contributed by atoms with Crippen LogP contribution in [-0.4, -0.2) is 42.1 Å². The minimum absolute atomic E-state index is 0.0339. The molecule has 0 bridgehead atoms. The van der Waals surface area contributed by atoms with Gasteiger partial charge in [0.05, 0.1) is 0 Å². The van der Waals surface area contributed by atoms with Crippen LogP contribution in [0.2, 0.25) is 0 Å². The first-order valence-corrected chi connectivity index (χ1v) is 7.69. The minimum Gasteiger partial charge on any atom is -0.354 e. The Balaban J connectivity index is 1.64. The van der Waals surface area contributed by atoms with Gasteiger partial charge in [-0.15, -0.1) is 0 Å². The average Bonchev–Trinajstić information content (AvgIpc) is 3.00. The molecule has 1 aromatic rings. The van der Waals surface area contributed by atoms with Gasteiger partial charge in [-0.3, -0.25) is 9.59 Å². The van der Waals surface area contributed by atoms with Crippen LogP contribution >= 0.6 is 0 Å². The molecule has 2 aliphatic heterocycles. The molecule has 6 heteroatoms. The summed E-state index contributed by atoms with van der Waals surface area (Å²) in [5.74, 6) is 0.0262. The second kappa shape index (κ2) is 6.30. The molecule has 0 spiro atoms. The minimum atomic E-state index is -0.0420. The molecule has 2 saturated heterocycles. The third-order valence-corrected chi connectivity index (χ3v) is 4.31. The number of rotatable bonds is 3. The van der Waals surface area contributed by atoms with Gasteiger partial charge in [0.15, 0.2) is 0 Å². The lowest BCUT2D eigenvalue weighted by atomic mass is 10.1. The summed E-state index contributed by atoms with van der Waals surface area (Å²) >= 11 is 0. The Morgan fingerprint density at radius 2 is 2.10 bits per heavy atom. The summed E-state index contributed by atoms with van der Waals surface area (Å²) in [5, 5.41) is 9.16. The number of hydrogen-bond donors (Lipinski definition) is 3.